The van der Waals surface area contributed by atoms with Crippen molar-refractivity contribution in [1.29, 1.82) is 0 Å². The number of aliphatic hydroxyl groups is 14. The Morgan fingerprint density at radius 3 is 1.83 bits per heavy atom. The number of esters is 2. The molecule has 0 radical (unpaired) electrons. The number of benzene rings is 3. The second kappa shape index (κ2) is 27.0. The lowest BCUT2D eigenvalue weighted by Crippen LogP contribution is -2.65. The number of phenols is 4. The molecule has 21 atom stereocenters. The summed E-state index contributed by atoms with van der Waals surface area (Å²) in [5.41, 5.74) is -1.93. The Balaban J connectivity index is 0.872. The van der Waals surface area contributed by atoms with Crippen LogP contribution in [0.2, 0.25) is 0 Å². The Labute approximate surface area is 513 Å². The van der Waals surface area contributed by atoms with Crippen molar-refractivity contribution in [3.05, 3.63) is 111 Å². The van der Waals surface area contributed by atoms with Crippen LogP contribution < -0.4 is 14.9 Å². The maximum absolute atomic E-state index is 14.7. The number of carbonyl (C=O) groups excluding carboxylic acids is 2. The fourth-order valence-corrected chi connectivity index (χ4v) is 10.5. The molecule has 0 saturated carbocycles. The highest BCUT2D eigenvalue weighted by Crippen LogP contribution is 2.42. The number of carbonyl (C=O) groups is 3. The lowest BCUT2D eigenvalue weighted by Gasteiger charge is -2.45. The first-order valence-corrected chi connectivity index (χ1v) is 27.6. The Hall–Kier alpha value is -8.44. The summed E-state index contributed by atoms with van der Waals surface area (Å²) in [5.74, 6) is -11.0. The van der Waals surface area contributed by atoms with E-state index in [0.717, 1.165) is 36.4 Å². The zero-order valence-corrected chi connectivity index (χ0v) is 46.9. The largest absolute Gasteiger partial charge is 0.508 e. The van der Waals surface area contributed by atoms with E-state index in [-0.39, 0.29) is 39.7 Å². The van der Waals surface area contributed by atoms with Crippen LogP contribution in [-0.2, 0) is 57.0 Å². The van der Waals surface area contributed by atoms with Crippen LogP contribution in [0.25, 0.3) is 28.1 Å². The maximum atomic E-state index is 14.7. The number of carboxylic acids is 1. The zero-order chi connectivity index (χ0) is 66.5. The van der Waals surface area contributed by atoms with Crippen molar-refractivity contribution in [2.45, 2.75) is 135 Å². The number of rotatable bonds is 18. The van der Waals surface area contributed by atoms with E-state index in [1.807, 2.05) is 0 Å². The molecule has 5 aliphatic heterocycles. The quantitative estimate of drug-likeness (QED) is 0.0253. The molecule has 35 nitrogen and oxygen atoms in total. The molecule has 1 aliphatic carbocycles. The van der Waals surface area contributed by atoms with Crippen molar-refractivity contribution in [2.75, 3.05) is 19.8 Å². The molecular formula is C57H60O35. The van der Waals surface area contributed by atoms with E-state index in [1.165, 1.54) is 30.4 Å². The van der Waals surface area contributed by atoms with Gasteiger partial charge in [0.25, 0.3) is 0 Å². The van der Waals surface area contributed by atoms with Crippen LogP contribution in [0.3, 0.4) is 0 Å². The third kappa shape index (κ3) is 13.3. The number of fused-ring (bicyclic) bond motifs is 2. The van der Waals surface area contributed by atoms with Crippen molar-refractivity contribution >= 4 is 34.6 Å². The number of aromatic hydroxyl groups is 4. The summed E-state index contributed by atoms with van der Waals surface area (Å²) in [6.07, 6.45) is -40.3. The average molecular weight is 1310 g/mol. The van der Waals surface area contributed by atoms with Crippen LogP contribution in [0.15, 0.2) is 105 Å². The molecule has 0 bridgehead atoms. The van der Waals surface area contributed by atoms with Gasteiger partial charge in [0.05, 0.1) is 13.2 Å². The van der Waals surface area contributed by atoms with Crippen LogP contribution in [0.5, 0.6) is 34.5 Å². The number of aliphatic hydroxyl groups excluding tert-OH is 14. The number of phenolic OH excluding ortho intramolecular Hbond substituents is 4. The minimum Gasteiger partial charge on any atom is -0.508 e. The van der Waals surface area contributed by atoms with Gasteiger partial charge in [-0.2, -0.15) is 0 Å². The van der Waals surface area contributed by atoms with E-state index >= 15 is 0 Å². The predicted octanol–water partition coefficient (Wildman–Crippen LogP) is -4.54. The number of ether oxygens (including phenoxy) is 11. The van der Waals surface area contributed by atoms with E-state index in [4.69, 9.17) is 56.5 Å². The molecule has 1 unspecified atom stereocenters. The Bertz CT molecular complexity index is 3600. The molecule has 35 heteroatoms. The van der Waals surface area contributed by atoms with Crippen molar-refractivity contribution in [3.8, 4) is 45.8 Å². The Kier molecular flexibility index (Phi) is 19.5. The molecule has 4 fully saturated rings. The van der Waals surface area contributed by atoms with E-state index in [9.17, 15) is 116 Å². The van der Waals surface area contributed by atoms with Gasteiger partial charge in [-0.3, -0.25) is 14.4 Å². The van der Waals surface area contributed by atoms with E-state index in [2.05, 4.69) is 0 Å². The van der Waals surface area contributed by atoms with E-state index in [0.29, 0.717) is 6.07 Å². The number of hydrogen-bond donors (Lipinski definition) is 19. The van der Waals surface area contributed by atoms with Crippen molar-refractivity contribution in [3.63, 3.8) is 0 Å². The normalized spacial score (nSPS) is 33.9. The molecule has 92 heavy (non-hydrogen) atoms. The van der Waals surface area contributed by atoms with Crippen molar-refractivity contribution in [1.82, 2.24) is 0 Å². The number of carboxylic acid groups (broad SMARTS) is 1. The van der Waals surface area contributed by atoms with Gasteiger partial charge in [0, 0.05) is 41.0 Å². The minimum atomic E-state index is -2.41. The summed E-state index contributed by atoms with van der Waals surface area (Å²) < 4.78 is 68.1. The Morgan fingerprint density at radius 2 is 1.16 bits per heavy atom. The molecular weight excluding hydrogens is 1240 g/mol. The highest BCUT2D eigenvalue weighted by atomic mass is 16.8. The smallest absolute Gasteiger partial charge is 0.335 e. The topological polar surface area (TPSA) is 567 Å². The van der Waals surface area contributed by atoms with E-state index in [1.54, 1.807) is 0 Å². The molecule has 10 rings (SSSR count). The highest BCUT2D eigenvalue weighted by molar-refractivity contribution is 5.91. The molecule has 6 heterocycles. The molecule has 4 aromatic rings. The van der Waals surface area contributed by atoms with Gasteiger partial charge in [-0.15, -0.1) is 0 Å². The zero-order valence-electron chi connectivity index (χ0n) is 46.9. The molecule has 19 N–H and O–H groups in total. The van der Waals surface area contributed by atoms with Gasteiger partial charge in [-0.1, -0.05) is 0 Å². The number of allylic oxidation sites excluding steroid dienone is 2. The molecule has 1 aromatic heterocycles. The van der Waals surface area contributed by atoms with Crippen molar-refractivity contribution < 1.29 is 168 Å². The summed E-state index contributed by atoms with van der Waals surface area (Å²) in [6, 6.07) is 9.64. The van der Waals surface area contributed by atoms with Gasteiger partial charge < -0.3 is 154 Å². The highest BCUT2D eigenvalue weighted by Gasteiger charge is 2.54. The lowest BCUT2D eigenvalue weighted by molar-refractivity contribution is -0.358. The fraction of sp³-hybridized carbons (Fsp3) is 0.439. The second-order valence-corrected chi connectivity index (χ2v) is 21.5. The average Bonchev–Trinajstić information content (AvgIpc) is 0.797. The first kappa shape index (κ1) is 66.5. The maximum Gasteiger partial charge on any atom is 0.335 e. The van der Waals surface area contributed by atoms with Crippen LogP contribution in [0.4, 0.5) is 0 Å². The van der Waals surface area contributed by atoms with Crippen LogP contribution in [-0.4, -0.2) is 264 Å². The predicted molar refractivity (Wildman–Crippen MR) is 292 cm³/mol. The van der Waals surface area contributed by atoms with Crippen LogP contribution in [0.1, 0.15) is 12.0 Å². The lowest BCUT2D eigenvalue weighted by atomic mass is 9.96. The Morgan fingerprint density at radius 1 is 0.554 bits per heavy atom. The van der Waals surface area contributed by atoms with Gasteiger partial charge in [0.2, 0.25) is 30.0 Å². The first-order valence-electron chi connectivity index (χ1n) is 27.6. The fourth-order valence-electron chi connectivity index (χ4n) is 10.5. The van der Waals surface area contributed by atoms with Gasteiger partial charge in [-0.25, -0.2) is 4.79 Å². The van der Waals surface area contributed by atoms with Gasteiger partial charge in [0.15, 0.2) is 53.4 Å². The summed E-state index contributed by atoms with van der Waals surface area (Å²) in [7, 11) is 0. The molecule has 498 valence electrons. The van der Waals surface area contributed by atoms with Crippen molar-refractivity contribution in [2.24, 2.45) is 0 Å². The molecule has 0 amide bonds. The molecule has 4 saturated heterocycles. The van der Waals surface area contributed by atoms with Crippen LogP contribution in [0, 0.1) is 0 Å². The van der Waals surface area contributed by atoms with Gasteiger partial charge in [-0.05, 0) is 48.5 Å². The summed E-state index contributed by atoms with van der Waals surface area (Å²) >= 11 is 0. The minimum absolute atomic E-state index is 0.00302. The van der Waals surface area contributed by atoms with E-state index < -0.39 is 230 Å². The van der Waals surface area contributed by atoms with Crippen LogP contribution >= 0.6 is 0 Å². The third-order valence-corrected chi connectivity index (χ3v) is 15.4. The summed E-state index contributed by atoms with van der Waals surface area (Å²) in [4.78, 5) is 53.6. The monoisotopic (exact) mass is 1300 g/mol. The number of hydrogen-bond acceptors (Lipinski definition) is 34. The second-order valence-electron chi connectivity index (χ2n) is 21.5. The summed E-state index contributed by atoms with van der Waals surface area (Å²) in [6.45, 7) is -2.92. The first-order chi connectivity index (χ1) is 43.7. The summed E-state index contributed by atoms with van der Waals surface area (Å²) in [5, 5.41) is 200. The van der Waals surface area contributed by atoms with Gasteiger partial charge >= 0.3 is 17.9 Å². The number of aliphatic carboxylic acids is 1. The van der Waals surface area contributed by atoms with Gasteiger partial charge in [0.1, 0.15) is 138 Å². The molecule has 6 aliphatic rings. The SMILES string of the molecule is O=C(CC(=O)O[C@H]1[C@H](Oc2cc(O)c3c(=O)c(O[C@@H]4O[C@@H](CO)[C@@H](O)[C@H](O)[C@H]4O[C@@H]4O[C@@H](CO)[C@@H](O)[C@H](O)[C@H]4O)c(-c4ccc(O)cc4)oc3c2)O[C@@H](C(=O)O)[C@@H](O)[C@@H]1O)OC[C@@H]1O[C@@H](OC2=C(c3ccc(O)c(O)c3)OC3C=C(O)C=C(O)C3=C2)[C@H](O)[C@@H](O)[C@@H]1O. The standard InChI is InChI=1S/C57H60O35/c58-14-30-36(68)40(72)46(78)55(86-30)92-52-42(74)37(69)31(15-59)87-57(52)90-49-39(71)35-26(65)10-21(11-28(35)84-48(49)17-1-4-19(60)5-2-17)82-56-51(44(76)43(75)50(91-56)53(79)80)89-34(67)13-33(66)81-16-32-38(70)41(73)45(77)54(88-32)85-29-12-22-24(63)8-20(61)9-27(22)83-47(29)18-3-6-23(62)25(64)7-18/h1-12,27,30-32,36-38,40-46,50-52,54-65,68-70,72-78H,13-16H2,(H,79,80)/t27?,30-,31-,32-,36+,37+,38+,40-,41-,42-,43-,44-,45+,46+,50+,51+,52+,54+,55-,56+,57-/m0/s1. The third-order valence-electron chi connectivity index (χ3n) is 15.4. The molecule has 3 aromatic carbocycles. The molecule has 0 spiro atoms.